The maximum absolute atomic E-state index is 12.9. The average Bonchev–Trinajstić information content (AvgIpc) is 3.37. The van der Waals surface area contributed by atoms with Crippen LogP contribution in [-0.4, -0.2) is 37.2 Å². The molecular weight excluding hydrogens is 877 g/mol. The maximum atomic E-state index is 12.9. The van der Waals surface area contributed by atoms with Crippen LogP contribution in [-0.2, 0) is 28.6 Å². The highest BCUT2D eigenvalue weighted by atomic mass is 16.6. The number of ether oxygens (including phenoxy) is 3. The number of allylic oxidation sites excluding steroid dienone is 2. The van der Waals surface area contributed by atoms with Gasteiger partial charge in [-0.2, -0.15) is 0 Å². The lowest BCUT2D eigenvalue weighted by atomic mass is 10.0. The Morgan fingerprint density at radius 2 is 0.465 bits per heavy atom. The Bertz CT molecular complexity index is 1100. The van der Waals surface area contributed by atoms with Crippen molar-refractivity contribution < 1.29 is 28.6 Å². The Morgan fingerprint density at radius 1 is 0.268 bits per heavy atom. The molecule has 0 aliphatic carbocycles. The third-order valence-electron chi connectivity index (χ3n) is 14.8. The van der Waals surface area contributed by atoms with Gasteiger partial charge in [-0.1, -0.05) is 315 Å². The zero-order valence-electron chi connectivity index (χ0n) is 48.3. The highest BCUT2D eigenvalue weighted by molar-refractivity contribution is 5.71. The molecule has 6 nitrogen and oxygen atoms in total. The second-order valence-corrected chi connectivity index (χ2v) is 22.0. The van der Waals surface area contributed by atoms with E-state index in [-0.39, 0.29) is 31.1 Å². The second-order valence-electron chi connectivity index (χ2n) is 22.0. The first-order chi connectivity index (χ1) is 35.0. The van der Waals surface area contributed by atoms with E-state index in [2.05, 4.69) is 32.9 Å². The Labute approximate surface area is 443 Å². The molecule has 0 aromatic carbocycles. The zero-order valence-corrected chi connectivity index (χ0v) is 48.3. The van der Waals surface area contributed by atoms with E-state index in [4.69, 9.17) is 14.2 Å². The minimum absolute atomic E-state index is 0.0673. The van der Waals surface area contributed by atoms with Crippen molar-refractivity contribution in [2.45, 2.75) is 374 Å². The highest BCUT2D eigenvalue weighted by Crippen LogP contribution is 2.18. The number of rotatable bonds is 60. The van der Waals surface area contributed by atoms with Crippen LogP contribution in [0.1, 0.15) is 367 Å². The van der Waals surface area contributed by atoms with Crippen LogP contribution in [0.3, 0.4) is 0 Å². The van der Waals surface area contributed by atoms with E-state index in [1.54, 1.807) is 0 Å². The van der Waals surface area contributed by atoms with Crippen molar-refractivity contribution >= 4 is 17.9 Å². The molecule has 0 aliphatic rings. The SMILES string of the molecule is CCCCCCCC/C=C\CCCCCCCC(=O)OC(COC(=O)CCCCCCCCCCCCC)COC(=O)CCCCCCCCCCCCCCCCCCCCCCCCCCCCC. The summed E-state index contributed by atoms with van der Waals surface area (Å²) in [5.41, 5.74) is 0. The number of hydrogen-bond donors (Lipinski definition) is 0. The van der Waals surface area contributed by atoms with Gasteiger partial charge in [0.2, 0.25) is 0 Å². The summed E-state index contributed by atoms with van der Waals surface area (Å²) in [6.07, 6.45) is 70.9. The summed E-state index contributed by atoms with van der Waals surface area (Å²) in [6.45, 7) is 6.69. The predicted octanol–water partition coefficient (Wildman–Crippen LogP) is 21.7. The molecule has 0 aliphatic heterocycles. The first-order valence-corrected chi connectivity index (χ1v) is 32.2. The lowest BCUT2D eigenvalue weighted by molar-refractivity contribution is -0.167. The number of carbonyl (C=O) groups is 3. The summed E-state index contributed by atoms with van der Waals surface area (Å²) in [6, 6.07) is 0. The number of hydrogen-bond acceptors (Lipinski definition) is 6. The maximum Gasteiger partial charge on any atom is 0.306 e. The first kappa shape index (κ1) is 69.2. The van der Waals surface area contributed by atoms with Crippen molar-refractivity contribution in [3.8, 4) is 0 Å². The third-order valence-corrected chi connectivity index (χ3v) is 14.8. The quantitative estimate of drug-likeness (QED) is 0.0261. The summed E-state index contributed by atoms with van der Waals surface area (Å²) in [5, 5.41) is 0. The number of carbonyl (C=O) groups excluding carboxylic acids is 3. The molecule has 0 radical (unpaired) electrons. The van der Waals surface area contributed by atoms with Gasteiger partial charge in [-0.15, -0.1) is 0 Å². The molecule has 0 bridgehead atoms. The van der Waals surface area contributed by atoms with Crippen LogP contribution in [0.5, 0.6) is 0 Å². The van der Waals surface area contributed by atoms with Crippen molar-refractivity contribution in [2.75, 3.05) is 13.2 Å². The van der Waals surface area contributed by atoms with Crippen molar-refractivity contribution in [3.63, 3.8) is 0 Å². The molecule has 1 unspecified atom stereocenters. The van der Waals surface area contributed by atoms with Gasteiger partial charge >= 0.3 is 17.9 Å². The molecule has 6 heteroatoms. The minimum Gasteiger partial charge on any atom is -0.462 e. The van der Waals surface area contributed by atoms with Crippen LogP contribution in [0.2, 0.25) is 0 Å². The molecule has 0 aromatic rings. The van der Waals surface area contributed by atoms with Gasteiger partial charge in [0, 0.05) is 19.3 Å². The first-order valence-electron chi connectivity index (χ1n) is 32.2. The Balaban J connectivity index is 4.13. The molecule has 0 spiro atoms. The van der Waals surface area contributed by atoms with Crippen molar-refractivity contribution in [1.82, 2.24) is 0 Å². The average molecular weight is 1000 g/mol. The van der Waals surface area contributed by atoms with E-state index in [0.29, 0.717) is 19.3 Å². The van der Waals surface area contributed by atoms with Crippen LogP contribution in [0.4, 0.5) is 0 Å². The van der Waals surface area contributed by atoms with Crippen molar-refractivity contribution in [2.24, 2.45) is 0 Å². The topological polar surface area (TPSA) is 78.9 Å². The predicted molar refractivity (Wildman–Crippen MR) is 307 cm³/mol. The molecule has 0 rings (SSSR count). The fourth-order valence-corrected chi connectivity index (χ4v) is 9.91. The lowest BCUT2D eigenvalue weighted by Gasteiger charge is -2.18. The summed E-state index contributed by atoms with van der Waals surface area (Å²) in [5.74, 6) is -0.850. The standard InChI is InChI=1S/C65H124O6/c1-4-7-10-13-16-19-22-24-26-27-28-29-30-31-32-33-34-35-36-37-39-40-43-46-49-52-55-58-64(67)70-61-62(60-69-63(66)57-54-51-48-45-42-21-18-15-12-9-6-3)71-65(68)59-56-53-50-47-44-41-38-25-23-20-17-14-11-8-5-2/h25,38,62H,4-24,26-37,39-61H2,1-3H3/b38-25-. The monoisotopic (exact) mass is 1000 g/mol. The fraction of sp³-hybridized carbons (Fsp3) is 0.923. The molecule has 0 fully saturated rings. The molecule has 1 atom stereocenters. The molecule has 71 heavy (non-hydrogen) atoms. The van der Waals surface area contributed by atoms with Crippen LogP contribution in [0.25, 0.3) is 0 Å². The smallest absolute Gasteiger partial charge is 0.306 e. The summed E-state index contributed by atoms with van der Waals surface area (Å²) < 4.78 is 16.9. The van der Waals surface area contributed by atoms with Crippen LogP contribution < -0.4 is 0 Å². The van der Waals surface area contributed by atoms with E-state index < -0.39 is 6.10 Å². The van der Waals surface area contributed by atoms with Gasteiger partial charge in [-0.05, 0) is 44.9 Å². The van der Waals surface area contributed by atoms with E-state index in [1.807, 2.05) is 0 Å². The highest BCUT2D eigenvalue weighted by Gasteiger charge is 2.19. The summed E-state index contributed by atoms with van der Waals surface area (Å²) in [7, 11) is 0. The largest absolute Gasteiger partial charge is 0.462 e. The zero-order chi connectivity index (χ0) is 51.4. The van der Waals surface area contributed by atoms with E-state index in [1.165, 1.54) is 263 Å². The molecule has 0 amide bonds. The van der Waals surface area contributed by atoms with Gasteiger partial charge in [-0.3, -0.25) is 14.4 Å². The molecule has 0 aromatic heterocycles. The third kappa shape index (κ3) is 58.9. The molecule has 0 saturated heterocycles. The Morgan fingerprint density at radius 3 is 0.704 bits per heavy atom. The summed E-state index contributed by atoms with van der Waals surface area (Å²) in [4.78, 5) is 38.2. The van der Waals surface area contributed by atoms with Gasteiger partial charge in [0.05, 0.1) is 0 Å². The van der Waals surface area contributed by atoms with Gasteiger partial charge in [-0.25, -0.2) is 0 Å². The van der Waals surface area contributed by atoms with Gasteiger partial charge in [0.1, 0.15) is 13.2 Å². The Kier molecular flexibility index (Phi) is 59.1. The second kappa shape index (κ2) is 60.7. The minimum atomic E-state index is -0.769. The van der Waals surface area contributed by atoms with Gasteiger partial charge < -0.3 is 14.2 Å². The lowest BCUT2D eigenvalue weighted by Crippen LogP contribution is -2.30. The van der Waals surface area contributed by atoms with Crippen LogP contribution in [0.15, 0.2) is 12.2 Å². The molecule has 0 saturated carbocycles. The number of unbranched alkanes of at least 4 members (excludes halogenated alkanes) is 47. The van der Waals surface area contributed by atoms with Gasteiger partial charge in [0.15, 0.2) is 6.10 Å². The number of esters is 3. The van der Waals surface area contributed by atoms with E-state index >= 15 is 0 Å². The van der Waals surface area contributed by atoms with Crippen LogP contribution >= 0.6 is 0 Å². The van der Waals surface area contributed by atoms with E-state index in [0.717, 1.165) is 64.2 Å². The van der Waals surface area contributed by atoms with Crippen molar-refractivity contribution in [1.29, 1.82) is 0 Å². The van der Waals surface area contributed by atoms with E-state index in [9.17, 15) is 14.4 Å². The van der Waals surface area contributed by atoms with Crippen molar-refractivity contribution in [3.05, 3.63) is 12.2 Å². The normalized spacial score (nSPS) is 12.0. The Hall–Kier alpha value is -1.85. The summed E-state index contributed by atoms with van der Waals surface area (Å²) >= 11 is 0. The molecule has 420 valence electrons. The molecular formula is C65H124O6. The van der Waals surface area contributed by atoms with Crippen LogP contribution in [0, 0.1) is 0 Å². The molecule has 0 heterocycles. The van der Waals surface area contributed by atoms with Gasteiger partial charge in [0.25, 0.3) is 0 Å². The fourth-order valence-electron chi connectivity index (χ4n) is 9.91. The molecule has 0 N–H and O–H groups in total.